The number of nitrogens with one attached hydrogen (secondary N) is 2. The van der Waals surface area contributed by atoms with E-state index in [2.05, 4.69) is 26.8 Å². The van der Waals surface area contributed by atoms with Crippen LogP contribution in [0.4, 0.5) is 5.69 Å². The van der Waals surface area contributed by atoms with Crippen LogP contribution in [0.15, 0.2) is 54.5 Å². The molecule has 0 saturated carbocycles. The zero-order chi connectivity index (χ0) is 17.0. The molecule has 0 unspecified atom stereocenters. The van der Waals surface area contributed by atoms with Crippen LogP contribution in [-0.2, 0) is 4.79 Å². The van der Waals surface area contributed by atoms with Crippen LogP contribution >= 0.6 is 0 Å². The van der Waals surface area contributed by atoms with E-state index in [0.717, 1.165) is 28.8 Å². The molecule has 1 aliphatic heterocycles. The highest BCUT2D eigenvalue weighted by Gasteiger charge is 2.39. The van der Waals surface area contributed by atoms with E-state index in [0.29, 0.717) is 11.7 Å². The number of carbonyl (C=O) groups is 1. The number of benzene rings is 1. The summed E-state index contributed by atoms with van der Waals surface area (Å²) in [6.07, 6.45) is 6.71. The zero-order valence-electron chi connectivity index (χ0n) is 13.7. The first-order valence-electron chi connectivity index (χ1n) is 8.38. The number of fused-ring (bicyclic) bond motifs is 2. The average Bonchev–Trinajstić information content (AvgIpc) is 3.03. The lowest BCUT2D eigenvalue weighted by molar-refractivity contribution is -0.117. The van der Waals surface area contributed by atoms with Gasteiger partial charge in [-0.3, -0.25) is 4.79 Å². The van der Waals surface area contributed by atoms with E-state index in [-0.39, 0.29) is 11.9 Å². The van der Waals surface area contributed by atoms with E-state index in [1.54, 1.807) is 10.7 Å². The number of aryl methyl sites for hydroxylation is 1. The molecule has 1 amide bonds. The fourth-order valence-electron chi connectivity index (χ4n) is 3.33. The number of aromatic nitrogens is 3. The molecule has 1 fully saturated rings. The van der Waals surface area contributed by atoms with Gasteiger partial charge >= 0.3 is 0 Å². The summed E-state index contributed by atoms with van der Waals surface area (Å²) < 4.78 is 1.80. The molecule has 1 aromatic carbocycles. The number of hydrogen-bond donors (Lipinski definition) is 2. The highest BCUT2D eigenvalue weighted by atomic mass is 16.2. The number of anilines is 1. The lowest BCUT2D eigenvalue weighted by Gasteiger charge is -2.14. The van der Waals surface area contributed by atoms with Crippen molar-refractivity contribution in [3.8, 4) is 11.4 Å². The first kappa shape index (κ1) is 14.2. The molecule has 0 spiro atoms. The Balaban J connectivity index is 1.43. The van der Waals surface area contributed by atoms with Gasteiger partial charge in [-0.05, 0) is 43.2 Å². The maximum Gasteiger partial charge on any atom is 0.246 e. The second-order valence-electron chi connectivity index (χ2n) is 6.64. The van der Waals surface area contributed by atoms with E-state index < -0.39 is 0 Å². The van der Waals surface area contributed by atoms with Crippen LogP contribution in [0, 0.1) is 12.8 Å². The summed E-state index contributed by atoms with van der Waals surface area (Å²) in [5.41, 5.74) is 4.90. The van der Waals surface area contributed by atoms with Gasteiger partial charge in [0, 0.05) is 29.1 Å². The Hall–Kier alpha value is -3.15. The first-order chi connectivity index (χ1) is 12.2. The van der Waals surface area contributed by atoms with Crippen molar-refractivity contribution in [2.45, 2.75) is 19.4 Å². The third-order valence-corrected chi connectivity index (χ3v) is 4.84. The van der Waals surface area contributed by atoms with E-state index in [9.17, 15) is 4.79 Å². The molecular weight excluding hydrogens is 314 g/mol. The maximum atomic E-state index is 12.4. The van der Waals surface area contributed by atoms with E-state index in [1.165, 1.54) is 5.70 Å². The summed E-state index contributed by atoms with van der Waals surface area (Å²) in [7, 11) is 0. The third kappa shape index (κ3) is 2.46. The van der Waals surface area contributed by atoms with Gasteiger partial charge in [-0.15, -0.1) is 5.10 Å². The lowest BCUT2D eigenvalue weighted by Crippen LogP contribution is -2.35. The monoisotopic (exact) mass is 331 g/mol. The molecular formula is C19H17N5O. The van der Waals surface area contributed by atoms with E-state index in [4.69, 9.17) is 0 Å². The van der Waals surface area contributed by atoms with Crippen molar-refractivity contribution < 1.29 is 4.79 Å². The Kier molecular flexibility index (Phi) is 2.94. The summed E-state index contributed by atoms with van der Waals surface area (Å²) in [4.78, 5) is 16.9. The minimum atomic E-state index is -0.137. The number of hydrogen-bond acceptors (Lipinski definition) is 4. The lowest BCUT2D eigenvalue weighted by atomic mass is 10.1. The molecule has 124 valence electrons. The maximum absolute atomic E-state index is 12.4. The molecule has 0 bridgehead atoms. The topological polar surface area (TPSA) is 71.3 Å². The number of rotatable bonds is 3. The Morgan fingerprint density at radius 1 is 1.36 bits per heavy atom. The standard InChI is InChI=1S/C19H17N5O/c1-11-4-5-13(21-19(25)17-8-12-7-16(12)22-17)9-15(11)18-20-10-14-3-2-6-24(14)23-18/h2-7,9-10,12,17,22H,8H2,1H3,(H,21,25)/t12-,17-/m1/s1. The van der Waals surface area contributed by atoms with Crippen molar-refractivity contribution >= 4 is 17.1 Å². The van der Waals surface area contributed by atoms with Crippen LogP contribution in [0.5, 0.6) is 0 Å². The van der Waals surface area contributed by atoms with Crippen molar-refractivity contribution in [2.75, 3.05) is 5.32 Å². The molecule has 5 rings (SSSR count). The minimum Gasteiger partial charge on any atom is -0.377 e. The zero-order valence-corrected chi connectivity index (χ0v) is 13.7. The van der Waals surface area contributed by atoms with Gasteiger partial charge in [0.2, 0.25) is 5.91 Å². The fourth-order valence-corrected chi connectivity index (χ4v) is 3.33. The van der Waals surface area contributed by atoms with Crippen LogP contribution in [0.3, 0.4) is 0 Å². The van der Waals surface area contributed by atoms with Gasteiger partial charge in [0.15, 0.2) is 5.82 Å². The largest absolute Gasteiger partial charge is 0.377 e. The first-order valence-corrected chi connectivity index (χ1v) is 8.38. The molecule has 6 heteroatoms. The van der Waals surface area contributed by atoms with Crippen LogP contribution < -0.4 is 10.6 Å². The van der Waals surface area contributed by atoms with Crippen molar-refractivity contribution in [3.05, 3.63) is 60.1 Å². The summed E-state index contributed by atoms with van der Waals surface area (Å²) >= 11 is 0. The molecule has 1 aliphatic carbocycles. The van der Waals surface area contributed by atoms with Crippen LogP contribution in [-0.4, -0.2) is 26.5 Å². The predicted molar refractivity (Wildman–Crippen MR) is 94.9 cm³/mol. The quantitative estimate of drug-likeness (QED) is 0.774. The summed E-state index contributed by atoms with van der Waals surface area (Å²) in [5.74, 6) is 1.14. The van der Waals surface area contributed by atoms with Gasteiger partial charge in [-0.25, -0.2) is 9.50 Å². The molecule has 2 atom stereocenters. The normalized spacial score (nSPS) is 20.8. The number of nitrogens with zero attached hydrogens (tertiary/aromatic N) is 3. The fraction of sp³-hybridized carbons (Fsp3) is 0.211. The summed E-state index contributed by atoms with van der Waals surface area (Å²) in [6, 6.07) is 9.60. The highest BCUT2D eigenvalue weighted by Crippen LogP contribution is 2.37. The van der Waals surface area contributed by atoms with Crippen LogP contribution in [0.25, 0.3) is 16.9 Å². The van der Waals surface area contributed by atoms with Gasteiger partial charge in [0.05, 0.1) is 11.7 Å². The molecule has 25 heavy (non-hydrogen) atoms. The van der Waals surface area contributed by atoms with Crippen LogP contribution in [0.1, 0.15) is 12.0 Å². The van der Waals surface area contributed by atoms with Crippen molar-refractivity contribution in [2.24, 2.45) is 5.92 Å². The molecule has 3 aromatic rings. The smallest absolute Gasteiger partial charge is 0.246 e. The Bertz CT molecular complexity index is 1040. The van der Waals surface area contributed by atoms with Crippen molar-refractivity contribution in [1.29, 1.82) is 0 Å². The Morgan fingerprint density at radius 2 is 2.28 bits per heavy atom. The number of carbonyl (C=O) groups excluding carboxylic acids is 1. The van der Waals surface area contributed by atoms with Crippen molar-refractivity contribution in [1.82, 2.24) is 19.9 Å². The average molecular weight is 331 g/mol. The molecule has 2 N–H and O–H groups in total. The molecule has 2 aromatic heterocycles. The SMILES string of the molecule is Cc1ccc(NC(=O)[C@H]2C[C@H]3C=C3N2)cc1-c1ncc2cccn2n1. The van der Waals surface area contributed by atoms with Gasteiger partial charge in [0.25, 0.3) is 0 Å². The molecule has 0 radical (unpaired) electrons. The summed E-state index contributed by atoms with van der Waals surface area (Å²) in [6.45, 7) is 2.02. The second kappa shape index (κ2) is 5.17. The molecule has 1 saturated heterocycles. The Labute approximate surface area is 144 Å². The molecule has 6 nitrogen and oxygen atoms in total. The van der Waals surface area contributed by atoms with E-state index >= 15 is 0 Å². The number of allylic oxidation sites excluding steroid dienone is 2. The van der Waals surface area contributed by atoms with Gasteiger partial charge < -0.3 is 10.6 Å². The van der Waals surface area contributed by atoms with E-state index in [1.807, 2.05) is 43.5 Å². The number of amides is 1. The summed E-state index contributed by atoms with van der Waals surface area (Å²) in [5, 5.41) is 10.8. The van der Waals surface area contributed by atoms with Gasteiger partial charge in [-0.1, -0.05) is 12.1 Å². The van der Waals surface area contributed by atoms with Gasteiger partial charge in [0.1, 0.15) is 6.04 Å². The van der Waals surface area contributed by atoms with Crippen molar-refractivity contribution in [3.63, 3.8) is 0 Å². The molecule has 2 aliphatic rings. The minimum absolute atomic E-state index is 0.00434. The Morgan fingerprint density at radius 3 is 3.12 bits per heavy atom. The highest BCUT2D eigenvalue weighted by molar-refractivity contribution is 5.96. The molecule has 3 heterocycles. The third-order valence-electron chi connectivity index (χ3n) is 4.84. The second-order valence-corrected chi connectivity index (χ2v) is 6.64. The predicted octanol–water partition coefficient (Wildman–Crippen LogP) is 2.52. The van der Waals surface area contributed by atoms with Gasteiger partial charge in [-0.2, -0.15) is 0 Å². The van der Waals surface area contributed by atoms with Crippen LogP contribution in [0.2, 0.25) is 0 Å².